The van der Waals surface area contributed by atoms with Gasteiger partial charge < -0.3 is 34.9 Å². The number of hydrogen-bond donors (Lipinski definition) is 2. The van der Waals surface area contributed by atoms with Gasteiger partial charge in [-0.05, 0) is 49.5 Å². The number of nitrogens with two attached hydrogens (primary N) is 1. The molecule has 164 valence electrons. The Morgan fingerprint density at radius 2 is 1.47 bits per heavy atom. The van der Waals surface area contributed by atoms with Gasteiger partial charge in [0.05, 0.1) is 41.0 Å². The van der Waals surface area contributed by atoms with Gasteiger partial charge in [0.1, 0.15) is 0 Å². The largest absolute Gasteiger partial charge is 0.493 e. The van der Waals surface area contributed by atoms with Crippen molar-refractivity contribution < 1.29 is 18.9 Å². The standard InChI is InChI=1S/C22H32N4O4/c1-26(2)17(16-8-10-19(28-4)21(12-16)30-6)14-25-22(23)24-13-15-7-9-18(27-3)20(11-15)29-5/h7-12,17H,13-14H2,1-6H3,(H3,23,24,25). The minimum Gasteiger partial charge on any atom is -0.493 e. The molecule has 0 aliphatic carbocycles. The third-order valence-corrected chi connectivity index (χ3v) is 4.77. The van der Waals surface area contributed by atoms with Gasteiger partial charge in [0.15, 0.2) is 29.0 Å². The topological polar surface area (TPSA) is 90.6 Å². The van der Waals surface area contributed by atoms with Gasteiger partial charge in [0.2, 0.25) is 0 Å². The van der Waals surface area contributed by atoms with Gasteiger partial charge in [-0.2, -0.15) is 0 Å². The number of hydrogen-bond acceptors (Lipinski definition) is 6. The second-order valence-electron chi connectivity index (χ2n) is 6.87. The molecule has 0 bridgehead atoms. The highest BCUT2D eigenvalue weighted by molar-refractivity contribution is 5.77. The SMILES string of the molecule is COc1ccc(CN=C(N)NCC(c2ccc(OC)c(OC)c2)N(C)C)cc1OC. The summed E-state index contributed by atoms with van der Waals surface area (Å²) < 4.78 is 21.3. The summed E-state index contributed by atoms with van der Waals surface area (Å²) >= 11 is 0. The molecule has 2 rings (SSSR count). The Morgan fingerprint density at radius 1 is 0.900 bits per heavy atom. The first-order chi connectivity index (χ1) is 14.4. The Morgan fingerprint density at radius 3 is 2.03 bits per heavy atom. The number of rotatable bonds is 10. The fraction of sp³-hybridized carbons (Fsp3) is 0.409. The van der Waals surface area contributed by atoms with Crippen LogP contribution in [0.3, 0.4) is 0 Å². The molecule has 8 heteroatoms. The summed E-state index contributed by atoms with van der Waals surface area (Å²) in [5.41, 5.74) is 8.15. The first kappa shape index (κ1) is 23.2. The highest BCUT2D eigenvalue weighted by atomic mass is 16.5. The fourth-order valence-corrected chi connectivity index (χ4v) is 3.07. The van der Waals surface area contributed by atoms with E-state index in [2.05, 4.69) is 15.2 Å². The normalized spacial score (nSPS) is 12.4. The van der Waals surface area contributed by atoms with Crippen LogP contribution < -0.4 is 30.0 Å². The predicted molar refractivity (Wildman–Crippen MR) is 119 cm³/mol. The van der Waals surface area contributed by atoms with Crippen LogP contribution in [0.15, 0.2) is 41.4 Å². The first-order valence-electron chi connectivity index (χ1n) is 9.56. The van der Waals surface area contributed by atoms with E-state index in [1.807, 2.05) is 50.5 Å². The van der Waals surface area contributed by atoms with Crippen LogP contribution in [0.25, 0.3) is 0 Å². The zero-order chi connectivity index (χ0) is 22.1. The lowest BCUT2D eigenvalue weighted by molar-refractivity contribution is 0.296. The molecule has 2 aromatic carbocycles. The molecule has 0 radical (unpaired) electrons. The number of methoxy groups -OCH3 is 4. The first-order valence-corrected chi connectivity index (χ1v) is 9.56. The smallest absolute Gasteiger partial charge is 0.188 e. The highest BCUT2D eigenvalue weighted by Gasteiger charge is 2.17. The van der Waals surface area contributed by atoms with Gasteiger partial charge >= 0.3 is 0 Å². The number of guanidine groups is 1. The summed E-state index contributed by atoms with van der Waals surface area (Å²) in [5.74, 6) is 3.11. The van der Waals surface area contributed by atoms with Crippen LogP contribution in [0.2, 0.25) is 0 Å². The van der Waals surface area contributed by atoms with E-state index in [1.54, 1.807) is 28.4 Å². The molecule has 0 spiro atoms. The zero-order valence-electron chi connectivity index (χ0n) is 18.6. The summed E-state index contributed by atoms with van der Waals surface area (Å²) in [5, 5.41) is 3.21. The molecule has 0 heterocycles. The van der Waals surface area contributed by atoms with Gasteiger partial charge in [-0.15, -0.1) is 0 Å². The van der Waals surface area contributed by atoms with Crippen molar-refractivity contribution in [3.05, 3.63) is 47.5 Å². The number of nitrogens with zero attached hydrogens (tertiary/aromatic N) is 2. The molecule has 0 saturated carbocycles. The third-order valence-electron chi connectivity index (χ3n) is 4.77. The lowest BCUT2D eigenvalue weighted by Crippen LogP contribution is -2.38. The van der Waals surface area contributed by atoms with E-state index in [4.69, 9.17) is 24.7 Å². The van der Waals surface area contributed by atoms with E-state index >= 15 is 0 Å². The molecule has 1 unspecified atom stereocenters. The highest BCUT2D eigenvalue weighted by Crippen LogP contribution is 2.31. The van der Waals surface area contributed by atoms with Gasteiger partial charge in [-0.1, -0.05) is 12.1 Å². The second kappa shape index (κ2) is 11.2. The summed E-state index contributed by atoms with van der Waals surface area (Å²) in [6.07, 6.45) is 0. The van der Waals surface area contributed by atoms with Crippen molar-refractivity contribution in [1.82, 2.24) is 10.2 Å². The summed E-state index contributed by atoms with van der Waals surface area (Å²) in [7, 11) is 10.5. The van der Waals surface area contributed by atoms with E-state index in [0.29, 0.717) is 42.0 Å². The van der Waals surface area contributed by atoms with E-state index in [1.165, 1.54) is 0 Å². The Bertz CT molecular complexity index is 855. The molecule has 0 saturated heterocycles. The van der Waals surface area contributed by atoms with Crippen molar-refractivity contribution in [2.24, 2.45) is 10.7 Å². The van der Waals surface area contributed by atoms with Gasteiger partial charge in [-0.3, -0.25) is 0 Å². The number of aliphatic imine (C=N–C) groups is 1. The van der Waals surface area contributed by atoms with E-state index in [9.17, 15) is 0 Å². The molecular weight excluding hydrogens is 384 g/mol. The van der Waals surface area contributed by atoms with E-state index in [0.717, 1.165) is 11.1 Å². The molecule has 2 aromatic rings. The monoisotopic (exact) mass is 416 g/mol. The van der Waals surface area contributed by atoms with Crippen molar-refractivity contribution in [2.75, 3.05) is 49.1 Å². The van der Waals surface area contributed by atoms with Gasteiger partial charge in [0, 0.05) is 6.54 Å². The predicted octanol–water partition coefficient (Wildman–Crippen LogP) is 2.43. The molecule has 0 amide bonds. The lowest BCUT2D eigenvalue weighted by atomic mass is 10.1. The molecule has 0 aliphatic rings. The molecule has 0 fully saturated rings. The fourth-order valence-electron chi connectivity index (χ4n) is 3.07. The van der Waals surface area contributed by atoms with Crippen LogP contribution in [-0.2, 0) is 6.54 Å². The van der Waals surface area contributed by atoms with Crippen molar-refractivity contribution in [3.8, 4) is 23.0 Å². The van der Waals surface area contributed by atoms with Gasteiger partial charge in [0.25, 0.3) is 0 Å². The van der Waals surface area contributed by atoms with Crippen LogP contribution in [0.1, 0.15) is 17.2 Å². The number of benzene rings is 2. The van der Waals surface area contributed by atoms with Crippen molar-refractivity contribution in [2.45, 2.75) is 12.6 Å². The maximum Gasteiger partial charge on any atom is 0.188 e. The van der Waals surface area contributed by atoms with Crippen LogP contribution in [-0.4, -0.2) is 59.9 Å². The lowest BCUT2D eigenvalue weighted by Gasteiger charge is -2.26. The summed E-state index contributed by atoms with van der Waals surface area (Å²) in [4.78, 5) is 6.54. The molecular formula is C22H32N4O4. The van der Waals surface area contributed by atoms with Crippen LogP contribution in [0, 0.1) is 0 Å². The zero-order valence-corrected chi connectivity index (χ0v) is 18.6. The Labute approximate surface area is 178 Å². The van der Waals surface area contributed by atoms with Crippen LogP contribution in [0.4, 0.5) is 0 Å². The minimum absolute atomic E-state index is 0.0691. The summed E-state index contributed by atoms with van der Waals surface area (Å²) in [6, 6.07) is 11.6. The van der Waals surface area contributed by atoms with Crippen LogP contribution >= 0.6 is 0 Å². The van der Waals surface area contributed by atoms with Crippen molar-refractivity contribution >= 4 is 5.96 Å². The van der Waals surface area contributed by atoms with Crippen LogP contribution in [0.5, 0.6) is 23.0 Å². The molecule has 8 nitrogen and oxygen atoms in total. The summed E-state index contributed by atoms with van der Waals surface area (Å²) in [6.45, 7) is 1.02. The molecule has 30 heavy (non-hydrogen) atoms. The number of likely N-dealkylation sites (N-methyl/N-ethyl adjacent to an activating group) is 1. The maximum atomic E-state index is 6.10. The third kappa shape index (κ3) is 5.93. The van der Waals surface area contributed by atoms with Gasteiger partial charge in [-0.25, -0.2) is 4.99 Å². The molecule has 0 aromatic heterocycles. The quantitative estimate of drug-likeness (QED) is 0.454. The maximum absolute atomic E-state index is 6.10. The Balaban J connectivity index is 2.05. The average molecular weight is 417 g/mol. The molecule has 1 atom stereocenters. The average Bonchev–Trinajstić information content (AvgIpc) is 2.77. The minimum atomic E-state index is 0.0691. The van der Waals surface area contributed by atoms with E-state index < -0.39 is 0 Å². The van der Waals surface area contributed by atoms with Crippen molar-refractivity contribution in [3.63, 3.8) is 0 Å². The number of ether oxygens (including phenoxy) is 4. The Hall–Kier alpha value is -3.13. The second-order valence-corrected chi connectivity index (χ2v) is 6.87. The number of nitrogens with one attached hydrogen (secondary N) is 1. The van der Waals surface area contributed by atoms with E-state index in [-0.39, 0.29) is 6.04 Å². The molecule has 3 N–H and O–H groups in total. The van der Waals surface area contributed by atoms with Crippen molar-refractivity contribution in [1.29, 1.82) is 0 Å². The Kier molecular flexibility index (Phi) is 8.61. The molecule has 0 aliphatic heterocycles.